The van der Waals surface area contributed by atoms with Gasteiger partial charge in [-0.15, -0.1) is 4.99 Å². The molecule has 0 fully saturated rings. The number of hydrogen-bond donors (Lipinski definition) is 0. The van der Waals surface area contributed by atoms with E-state index in [0.717, 1.165) is 16.5 Å². The molecule has 3 rings (SSSR count). The van der Waals surface area contributed by atoms with Crippen molar-refractivity contribution >= 4 is 22.9 Å². The van der Waals surface area contributed by atoms with Crippen molar-refractivity contribution in [2.24, 2.45) is 4.99 Å². The molecule has 0 saturated carbocycles. The first kappa shape index (κ1) is 10.5. The highest BCUT2D eigenvalue weighted by Crippen LogP contribution is 2.29. The Morgan fingerprint density at radius 2 is 1.78 bits per heavy atom. The summed E-state index contributed by atoms with van der Waals surface area (Å²) >= 11 is 0. The van der Waals surface area contributed by atoms with Crippen molar-refractivity contribution in [3.63, 3.8) is 0 Å². The van der Waals surface area contributed by atoms with E-state index in [1.165, 1.54) is 6.08 Å². The lowest BCUT2D eigenvalue weighted by atomic mass is 10.0. The monoisotopic (exact) mass is 235 g/mol. The van der Waals surface area contributed by atoms with Gasteiger partial charge in [0.05, 0.1) is 0 Å². The zero-order valence-corrected chi connectivity index (χ0v) is 9.46. The number of aliphatic imine (C=N–C) groups is 1. The van der Waals surface area contributed by atoms with Crippen molar-refractivity contribution in [3.05, 3.63) is 54.6 Å². The van der Waals surface area contributed by atoms with Crippen LogP contribution in [0.4, 0.5) is 5.88 Å². The normalized spacial score (nSPS) is 10.2. The van der Waals surface area contributed by atoms with Crippen LogP contribution >= 0.6 is 0 Å². The van der Waals surface area contributed by atoms with Crippen molar-refractivity contribution in [2.75, 3.05) is 0 Å². The van der Waals surface area contributed by atoms with E-state index < -0.39 is 0 Å². The van der Waals surface area contributed by atoms with Crippen molar-refractivity contribution in [1.29, 1.82) is 0 Å². The Hall–Kier alpha value is -2.64. The van der Waals surface area contributed by atoms with E-state index in [2.05, 4.69) is 4.99 Å². The van der Waals surface area contributed by atoms with Gasteiger partial charge in [-0.2, -0.15) is 0 Å². The molecule has 0 aliphatic carbocycles. The van der Waals surface area contributed by atoms with Crippen LogP contribution in [0.15, 0.2) is 64.0 Å². The molecule has 3 nitrogen and oxygen atoms in total. The standard InChI is InChI=1S/C15H9NO2/c17-10-16-15-9-13-7-6-12(8-14(13)18-15)11-4-2-1-3-5-11/h1-9H. The first-order valence-corrected chi connectivity index (χ1v) is 5.54. The van der Waals surface area contributed by atoms with E-state index >= 15 is 0 Å². The van der Waals surface area contributed by atoms with Crippen LogP contribution in [0.2, 0.25) is 0 Å². The quantitative estimate of drug-likeness (QED) is 0.496. The van der Waals surface area contributed by atoms with Crippen molar-refractivity contribution in [1.82, 2.24) is 0 Å². The van der Waals surface area contributed by atoms with Gasteiger partial charge in [-0.3, -0.25) is 0 Å². The van der Waals surface area contributed by atoms with Crippen LogP contribution in [0, 0.1) is 0 Å². The first-order valence-electron chi connectivity index (χ1n) is 5.54. The van der Waals surface area contributed by atoms with Gasteiger partial charge >= 0.3 is 0 Å². The Labute approximate surface area is 103 Å². The number of fused-ring (bicyclic) bond motifs is 1. The number of carbonyl (C=O) groups excluding carboxylic acids is 1. The highest BCUT2D eigenvalue weighted by atomic mass is 16.3. The molecule has 3 aromatic rings. The Bertz CT molecular complexity index is 738. The van der Waals surface area contributed by atoms with E-state index in [-0.39, 0.29) is 5.88 Å². The second-order valence-electron chi connectivity index (χ2n) is 3.91. The largest absolute Gasteiger partial charge is 0.438 e. The molecule has 3 heteroatoms. The van der Waals surface area contributed by atoms with E-state index in [9.17, 15) is 4.79 Å². The van der Waals surface area contributed by atoms with Crippen LogP contribution in [0.5, 0.6) is 0 Å². The van der Waals surface area contributed by atoms with Crippen LogP contribution in [0.1, 0.15) is 0 Å². The summed E-state index contributed by atoms with van der Waals surface area (Å²) in [4.78, 5) is 13.7. The summed E-state index contributed by atoms with van der Waals surface area (Å²) in [5.41, 5.74) is 2.90. The molecule has 0 radical (unpaired) electrons. The minimum atomic E-state index is 0.283. The van der Waals surface area contributed by atoms with Crippen LogP contribution in [-0.4, -0.2) is 6.08 Å². The molecule has 1 heterocycles. The lowest BCUT2D eigenvalue weighted by molar-refractivity contribution is 0.561. The van der Waals surface area contributed by atoms with Gasteiger partial charge in [-0.1, -0.05) is 42.5 Å². The number of hydrogen-bond acceptors (Lipinski definition) is 3. The molecule has 0 amide bonds. The number of furan rings is 1. The summed E-state index contributed by atoms with van der Waals surface area (Å²) in [6, 6.07) is 17.7. The molecule has 0 atom stereocenters. The van der Waals surface area contributed by atoms with E-state index in [1.54, 1.807) is 6.07 Å². The third-order valence-corrected chi connectivity index (χ3v) is 2.77. The average molecular weight is 235 g/mol. The molecule has 0 unspecified atom stereocenters. The summed E-state index contributed by atoms with van der Waals surface area (Å²) in [6.07, 6.45) is 1.47. The maximum atomic E-state index is 10.2. The van der Waals surface area contributed by atoms with Gasteiger partial charge in [0.25, 0.3) is 0 Å². The second-order valence-corrected chi connectivity index (χ2v) is 3.91. The second kappa shape index (κ2) is 4.32. The molecule has 0 N–H and O–H groups in total. The first-order chi connectivity index (χ1) is 8.86. The molecule has 18 heavy (non-hydrogen) atoms. The van der Waals surface area contributed by atoms with E-state index in [1.807, 2.05) is 48.5 Å². The van der Waals surface area contributed by atoms with Gasteiger partial charge in [0.1, 0.15) is 5.58 Å². The molecular weight excluding hydrogens is 226 g/mol. The summed E-state index contributed by atoms with van der Waals surface area (Å²) in [5.74, 6) is 0.283. The van der Waals surface area contributed by atoms with Crippen LogP contribution in [0.25, 0.3) is 22.1 Å². The third kappa shape index (κ3) is 1.83. The van der Waals surface area contributed by atoms with Gasteiger partial charge in [-0.25, -0.2) is 4.79 Å². The predicted molar refractivity (Wildman–Crippen MR) is 69.4 cm³/mol. The number of nitrogens with zero attached hydrogens (tertiary/aromatic N) is 1. The molecule has 0 bridgehead atoms. The zero-order chi connectivity index (χ0) is 12.4. The zero-order valence-electron chi connectivity index (χ0n) is 9.46. The van der Waals surface area contributed by atoms with E-state index in [4.69, 9.17) is 4.42 Å². The Morgan fingerprint density at radius 1 is 0.944 bits per heavy atom. The van der Waals surface area contributed by atoms with Crippen molar-refractivity contribution < 1.29 is 9.21 Å². The Balaban J connectivity index is 2.14. The molecule has 0 spiro atoms. The predicted octanol–water partition coefficient (Wildman–Crippen LogP) is 4.07. The van der Waals surface area contributed by atoms with Gasteiger partial charge in [0.15, 0.2) is 0 Å². The summed E-state index contributed by atoms with van der Waals surface area (Å²) < 4.78 is 5.44. The molecular formula is C15H9NO2. The van der Waals surface area contributed by atoms with E-state index in [0.29, 0.717) is 5.58 Å². The van der Waals surface area contributed by atoms with Gasteiger partial charge < -0.3 is 4.42 Å². The molecule has 1 aromatic heterocycles. The maximum Gasteiger partial charge on any atom is 0.243 e. The third-order valence-electron chi connectivity index (χ3n) is 2.77. The van der Waals surface area contributed by atoms with Crippen LogP contribution in [-0.2, 0) is 4.79 Å². The SMILES string of the molecule is O=C=Nc1cc2ccc(-c3ccccc3)cc2o1. The van der Waals surface area contributed by atoms with Crippen LogP contribution in [0.3, 0.4) is 0 Å². The lowest BCUT2D eigenvalue weighted by Crippen LogP contribution is -1.75. The summed E-state index contributed by atoms with van der Waals surface area (Å²) in [5, 5.41) is 0.920. The Kier molecular flexibility index (Phi) is 2.52. The van der Waals surface area contributed by atoms with Crippen molar-refractivity contribution in [3.8, 4) is 11.1 Å². The summed E-state index contributed by atoms with van der Waals surface area (Å²) in [7, 11) is 0. The van der Waals surface area contributed by atoms with Crippen LogP contribution < -0.4 is 0 Å². The lowest BCUT2D eigenvalue weighted by Gasteiger charge is -2.00. The van der Waals surface area contributed by atoms with Gasteiger partial charge in [-0.05, 0) is 17.2 Å². The molecule has 2 aromatic carbocycles. The summed E-state index contributed by atoms with van der Waals surface area (Å²) in [6.45, 7) is 0. The minimum Gasteiger partial charge on any atom is -0.438 e. The number of isocyanates is 1. The van der Waals surface area contributed by atoms with Gasteiger partial charge in [0.2, 0.25) is 12.0 Å². The minimum absolute atomic E-state index is 0.283. The Morgan fingerprint density at radius 3 is 2.56 bits per heavy atom. The topological polar surface area (TPSA) is 42.6 Å². The van der Waals surface area contributed by atoms with Gasteiger partial charge in [0, 0.05) is 11.5 Å². The fraction of sp³-hybridized carbons (Fsp3) is 0. The molecule has 86 valence electrons. The average Bonchev–Trinajstić information content (AvgIpc) is 2.81. The maximum absolute atomic E-state index is 10.2. The number of rotatable bonds is 2. The fourth-order valence-corrected chi connectivity index (χ4v) is 1.93. The molecule has 0 aliphatic rings. The van der Waals surface area contributed by atoms with Crippen molar-refractivity contribution in [2.45, 2.75) is 0 Å². The molecule has 0 saturated heterocycles. The number of benzene rings is 2. The molecule has 0 aliphatic heterocycles. The fourth-order valence-electron chi connectivity index (χ4n) is 1.93. The smallest absolute Gasteiger partial charge is 0.243 e. The highest BCUT2D eigenvalue weighted by Gasteiger charge is 2.04. The highest BCUT2D eigenvalue weighted by molar-refractivity contribution is 5.85.